The average Bonchev–Trinajstić information content (AvgIpc) is 2.48. The molecule has 0 saturated heterocycles. The summed E-state index contributed by atoms with van der Waals surface area (Å²) in [4.78, 5) is 10.4. The molecule has 1 N–H and O–H groups in total. The van der Waals surface area contributed by atoms with Crippen molar-refractivity contribution in [2.24, 2.45) is 5.18 Å². The van der Waals surface area contributed by atoms with Gasteiger partial charge in [0.05, 0.1) is 4.90 Å². The first-order valence-electron chi connectivity index (χ1n) is 6.03. The van der Waals surface area contributed by atoms with E-state index in [0.29, 0.717) is 0 Å². The van der Waals surface area contributed by atoms with E-state index in [-0.39, 0.29) is 16.6 Å². The number of sulfonamides is 1. The second kappa shape index (κ2) is 5.94. The lowest BCUT2D eigenvalue weighted by Crippen LogP contribution is -2.26. The summed E-state index contributed by atoms with van der Waals surface area (Å²) < 4.78 is 27.0. The van der Waals surface area contributed by atoms with E-state index in [1.165, 1.54) is 24.3 Å². The van der Waals surface area contributed by atoms with E-state index in [1.807, 2.05) is 30.3 Å². The van der Waals surface area contributed by atoms with Gasteiger partial charge in [-0.25, -0.2) is 13.1 Å². The Morgan fingerprint density at radius 2 is 1.60 bits per heavy atom. The Morgan fingerprint density at radius 1 is 1.00 bits per heavy atom. The number of nitrogens with zero attached hydrogens (tertiary/aromatic N) is 1. The smallest absolute Gasteiger partial charge is 0.207 e. The van der Waals surface area contributed by atoms with Gasteiger partial charge in [-0.05, 0) is 41.9 Å². The Bertz CT molecular complexity index is 682. The molecule has 5 nitrogen and oxygen atoms in total. The molecule has 0 amide bonds. The maximum Gasteiger partial charge on any atom is 0.241 e. The van der Waals surface area contributed by atoms with Crippen molar-refractivity contribution in [2.75, 3.05) is 0 Å². The van der Waals surface area contributed by atoms with Crippen LogP contribution in [0.15, 0.2) is 64.7 Å². The van der Waals surface area contributed by atoms with Crippen LogP contribution < -0.4 is 4.72 Å². The van der Waals surface area contributed by atoms with Crippen LogP contribution in [0.2, 0.25) is 0 Å². The van der Waals surface area contributed by atoms with Crippen LogP contribution in [0.25, 0.3) is 0 Å². The van der Waals surface area contributed by atoms with Gasteiger partial charge in [0.1, 0.15) is 5.69 Å². The number of nitrogens with one attached hydrogen (secondary N) is 1. The normalized spacial score (nSPS) is 12.8. The first kappa shape index (κ1) is 14.4. The zero-order chi connectivity index (χ0) is 14.6. The second-order valence-electron chi connectivity index (χ2n) is 4.34. The highest BCUT2D eigenvalue weighted by Crippen LogP contribution is 2.19. The van der Waals surface area contributed by atoms with Crippen LogP contribution in [0.3, 0.4) is 0 Å². The van der Waals surface area contributed by atoms with Crippen molar-refractivity contribution in [2.45, 2.75) is 17.9 Å². The monoisotopic (exact) mass is 290 g/mol. The van der Waals surface area contributed by atoms with Gasteiger partial charge in [-0.1, -0.05) is 30.3 Å². The minimum absolute atomic E-state index is 0.104. The van der Waals surface area contributed by atoms with E-state index in [1.54, 1.807) is 6.92 Å². The van der Waals surface area contributed by atoms with Crippen molar-refractivity contribution in [3.8, 4) is 0 Å². The molecule has 0 radical (unpaired) electrons. The summed E-state index contributed by atoms with van der Waals surface area (Å²) in [5.41, 5.74) is 1.07. The molecule has 2 aromatic carbocycles. The molecule has 0 spiro atoms. The molecular formula is C14H14N2O3S. The minimum atomic E-state index is -3.63. The fourth-order valence-electron chi connectivity index (χ4n) is 1.80. The summed E-state index contributed by atoms with van der Waals surface area (Å²) >= 11 is 0. The standard InChI is InChI=1S/C14H14N2O3S/c1-11(12-5-3-2-4-6-12)16-20(18,19)14-9-7-13(15-17)8-10-14/h2-11,16H,1H3/t11-/m1/s1. The Hall–Kier alpha value is -2.05. The number of rotatable bonds is 5. The maximum atomic E-state index is 12.2. The molecule has 0 unspecified atom stereocenters. The first-order valence-corrected chi connectivity index (χ1v) is 7.52. The maximum absolute atomic E-state index is 12.2. The van der Waals surface area contributed by atoms with Crippen molar-refractivity contribution >= 4 is 15.7 Å². The molecule has 2 rings (SSSR count). The Morgan fingerprint density at radius 3 is 2.15 bits per heavy atom. The molecule has 20 heavy (non-hydrogen) atoms. The van der Waals surface area contributed by atoms with Crippen molar-refractivity contribution in [3.05, 3.63) is 65.1 Å². The van der Waals surface area contributed by atoms with Gasteiger partial charge in [0.2, 0.25) is 10.0 Å². The molecule has 1 atom stereocenters. The van der Waals surface area contributed by atoms with E-state index in [0.717, 1.165) is 5.56 Å². The van der Waals surface area contributed by atoms with Crippen LogP contribution in [0.1, 0.15) is 18.5 Å². The zero-order valence-corrected chi connectivity index (χ0v) is 11.7. The number of benzene rings is 2. The summed E-state index contributed by atoms with van der Waals surface area (Å²) in [6, 6.07) is 14.4. The molecule has 0 bridgehead atoms. The SMILES string of the molecule is C[C@@H](NS(=O)(=O)c1ccc(N=O)cc1)c1ccccc1. The molecule has 6 heteroatoms. The van der Waals surface area contributed by atoms with Crippen LogP contribution >= 0.6 is 0 Å². The number of nitroso groups, excluding NO2 is 1. The molecule has 0 aliphatic rings. The van der Waals surface area contributed by atoms with Gasteiger partial charge >= 0.3 is 0 Å². The van der Waals surface area contributed by atoms with Crippen LogP contribution in [0, 0.1) is 4.91 Å². The van der Waals surface area contributed by atoms with Crippen molar-refractivity contribution in [1.82, 2.24) is 4.72 Å². The highest BCUT2D eigenvalue weighted by Gasteiger charge is 2.18. The highest BCUT2D eigenvalue weighted by molar-refractivity contribution is 7.89. The fourth-order valence-corrected chi connectivity index (χ4v) is 3.03. The van der Waals surface area contributed by atoms with Crippen molar-refractivity contribution in [3.63, 3.8) is 0 Å². The highest BCUT2D eigenvalue weighted by atomic mass is 32.2. The van der Waals surface area contributed by atoms with Gasteiger partial charge in [0.25, 0.3) is 0 Å². The van der Waals surface area contributed by atoms with Crippen LogP contribution in [-0.4, -0.2) is 8.42 Å². The average molecular weight is 290 g/mol. The zero-order valence-electron chi connectivity index (χ0n) is 10.9. The predicted octanol–water partition coefficient (Wildman–Crippen LogP) is 3.12. The molecular weight excluding hydrogens is 276 g/mol. The summed E-state index contributed by atoms with van der Waals surface area (Å²) in [5.74, 6) is 0. The van der Waals surface area contributed by atoms with E-state index in [9.17, 15) is 13.3 Å². The third-order valence-electron chi connectivity index (χ3n) is 2.88. The fraction of sp³-hybridized carbons (Fsp3) is 0.143. The lowest BCUT2D eigenvalue weighted by atomic mass is 10.1. The van der Waals surface area contributed by atoms with E-state index >= 15 is 0 Å². The number of hydrogen-bond acceptors (Lipinski definition) is 4. The largest absolute Gasteiger partial charge is 0.241 e. The van der Waals surface area contributed by atoms with Gasteiger partial charge < -0.3 is 0 Å². The van der Waals surface area contributed by atoms with E-state index in [2.05, 4.69) is 9.90 Å². The van der Waals surface area contributed by atoms with Crippen LogP contribution in [-0.2, 0) is 10.0 Å². The third kappa shape index (κ3) is 3.28. The molecule has 0 aliphatic heterocycles. The minimum Gasteiger partial charge on any atom is -0.207 e. The summed E-state index contributed by atoms with van der Waals surface area (Å²) in [7, 11) is -3.63. The van der Waals surface area contributed by atoms with Gasteiger partial charge in [0.15, 0.2) is 0 Å². The second-order valence-corrected chi connectivity index (χ2v) is 6.05. The Labute approximate surface area is 117 Å². The summed E-state index contributed by atoms with van der Waals surface area (Å²) in [6.07, 6.45) is 0. The molecule has 0 saturated carbocycles. The topological polar surface area (TPSA) is 75.6 Å². The van der Waals surface area contributed by atoms with Crippen molar-refractivity contribution < 1.29 is 8.42 Å². The van der Waals surface area contributed by atoms with E-state index < -0.39 is 10.0 Å². The lowest BCUT2D eigenvalue weighted by Gasteiger charge is -2.14. The summed E-state index contributed by atoms with van der Waals surface area (Å²) in [6.45, 7) is 1.77. The summed E-state index contributed by atoms with van der Waals surface area (Å²) in [5, 5.41) is 2.74. The molecule has 0 fully saturated rings. The molecule has 0 heterocycles. The van der Waals surface area contributed by atoms with Crippen LogP contribution in [0.4, 0.5) is 5.69 Å². The van der Waals surface area contributed by atoms with Gasteiger partial charge in [0, 0.05) is 6.04 Å². The predicted molar refractivity (Wildman–Crippen MR) is 77.1 cm³/mol. The Kier molecular flexibility index (Phi) is 4.26. The van der Waals surface area contributed by atoms with Gasteiger partial charge in [-0.15, -0.1) is 4.91 Å². The number of hydrogen-bond donors (Lipinski definition) is 1. The van der Waals surface area contributed by atoms with Gasteiger partial charge in [-0.2, -0.15) is 0 Å². The first-order chi connectivity index (χ1) is 9.53. The third-order valence-corrected chi connectivity index (χ3v) is 4.44. The van der Waals surface area contributed by atoms with E-state index in [4.69, 9.17) is 0 Å². The van der Waals surface area contributed by atoms with Gasteiger partial charge in [-0.3, -0.25) is 0 Å². The molecule has 0 aromatic heterocycles. The Balaban J connectivity index is 2.20. The lowest BCUT2D eigenvalue weighted by molar-refractivity contribution is 0.567. The quantitative estimate of drug-likeness (QED) is 0.859. The van der Waals surface area contributed by atoms with Crippen LogP contribution in [0.5, 0.6) is 0 Å². The molecule has 0 aliphatic carbocycles. The van der Waals surface area contributed by atoms with Crippen molar-refractivity contribution in [1.29, 1.82) is 0 Å². The molecule has 104 valence electrons. The molecule has 2 aromatic rings.